The first kappa shape index (κ1) is 19.6. The number of halogens is 1. The van der Waals surface area contributed by atoms with E-state index >= 15 is 0 Å². The van der Waals surface area contributed by atoms with Crippen molar-refractivity contribution in [3.8, 4) is 5.69 Å². The fraction of sp³-hybridized carbons (Fsp3) is 0.375. The molecule has 5 heteroatoms. The maximum Gasteiger partial charge on any atom is 0.332 e. The molecule has 0 aliphatic carbocycles. The quantitative estimate of drug-likeness (QED) is 0.630. The zero-order chi connectivity index (χ0) is 20.7. The van der Waals surface area contributed by atoms with Crippen molar-refractivity contribution in [2.75, 3.05) is 6.61 Å². The zero-order valence-corrected chi connectivity index (χ0v) is 17.0. The van der Waals surface area contributed by atoms with Crippen LogP contribution >= 0.6 is 0 Å². The minimum Gasteiger partial charge on any atom is -0.479 e. The number of ether oxygens (including phenoxy) is 1. The highest BCUT2D eigenvalue weighted by Gasteiger charge is 2.33. The SMILES string of the molecule is Cc1cc(-n2c(C(C)C)c(C3CCOC(C(=O)O)C3)c3ccccc32)ccc1F. The van der Waals surface area contributed by atoms with Crippen molar-refractivity contribution in [1.82, 2.24) is 4.57 Å². The number of aryl methyl sites for hydroxylation is 1. The van der Waals surface area contributed by atoms with E-state index in [1.54, 1.807) is 6.92 Å². The standard InChI is InChI=1S/C24H26FNO3/c1-14(2)23-22(16-10-11-29-21(13-16)24(27)28)18-6-4-5-7-20(18)26(23)17-8-9-19(25)15(3)12-17/h4-9,12,14,16,21H,10-11,13H2,1-3H3,(H,27,28). The van der Waals surface area contributed by atoms with E-state index in [2.05, 4.69) is 30.5 Å². The molecule has 2 heterocycles. The summed E-state index contributed by atoms with van der Waals surface area (Å²) in [5.41, 5.74) is 4.96. The lowest BCUT2D eigenvalue weighted by Gasteiger charge is -2.29. The number of aliphatic carboxylic acids is 1. The van der Waals surface area contributed by atoms with E-state index in [0.717, 1.165) is 28.7 Å². The minimum absolute atomic E-state index is 0.106. The normalized spacial score (nSPS) is 19.8. The molecule has 2 unspecified atom stereocenters. The Bertz CT molecular complexity index is 1070. The molecule has 29 heavy (non-hydrogen) atoms. The van der Waals surface area contributed by atoms with Gasteiger partial charge in [-0.1, -0.05) is 32.0 Å². The Morgan fingerprint density at radius 1 is 1.24 bits per heavy atom. The summed E-state index contributed by atoms with van der Waals surface area (Å²) in [6, 6.07) is 13.4. The summed E-state index contributed by atoms with van der Waals surface area (Å²) in [6.45, 7) is 6.52. The Hall–Kier alpha value is -2.66. The number of nitrogens with zero attached hydrogens (tertiary/aromatic N) is 1. The van der Waals surface area contributed by atoms with Crippen LogP contribution < -0.4 is 0 Å². The first-order valence-electron chi connectivity index (χ1n) is 10.1. The van der Waals surface area contributed by atoms with Gasteiger partial charge in [0, 0.05) is 23.4 Å². The Morgan fingerprint density at radius 2 is 2.00 bits per heavy atom. The molecule has 1 aliphatic rings. The van der Waals surface area contributed by atoms with Crippen molar-refractivity contribution >= 4 is 16.9 Å². The second-order valence-electron chi connectivity index (χ2n) is 8.16. The van der Waals surface area contributed by atoms with E-state index in [9.17, 15) is 14.3 Å². The van der Waals surface area contributed by atoms with Gasteiger partial charge >= 0.3 is 5.97 Å². The fourth-order valence-electron chi connectivity index (χ4n) is 4.56. The molecule has 0 amide bonds. The highest BCUT2D eigenvalue weighted by molar-refractivity contribution is 5.88. The summed E-state index contributed by atoms with van der Waals surface area (Å²) in [5, 5.41) is 10.6. The number of benzene rings is 2. The molecule has 1 fully saturated rings. The molecule has 1 N–H and O–H groups in total. The van der Waals surface area contributed by atoms with Gasteiger partial charge in [-0.05, 0) is 67.0 Å². The molecular formula is C24H26FNO3. The van der Waals surface area contributed by atoms with Gasteiger partial charge in [-0.2, -0.15) is 0 Å². The summed E-state index contributed by atoms with van der Waals surface area (Å²) in [5.74, 6) is -0.798. The first-order chi connectivity index (χ1) is 13.9. The Labute approximate surface area is 169 Å². The van der Waals surface area contributed by atoms with Crippen molar-refractivity contribution in [3.05, 3.63) is 65.1 Å². The lowest BCUT2D eigenvalue weighted by molar-refractivity contribution is -0.153. The molecule has 1 aliphatic heterocycles. The minimum atomic E-state index is -0.904. The number of fused-ring (bicyclic) bond motifs is 1. The molecule has 4 nitrogen and oxygen atoms in total. The number of carboxylic acid groups (broad SMARTS) is 1. The molecule has 2 atom stereocenters. The summed E-state index contributed by atoms with van der Waals surface area (Å²) < 4.78 is 21.6. The Morgan fingerprint density at radius 3 is 2.69 bits per heavy atom. The highest BCUT2D eigenvalue weighted by atomic mass is 19.1. The maximum absolute atomic E-state index is 13.9. The van der Waals surface area contributed by atoms with Crippen LogP contribution in [0.25, 0.3) is 16.6 Å². The second-order valence-corrected chi connectivity index (χ2v) is 8.16. The number of para-hydroxylation sites is 1. The lowest BCUT2D eigenvalue weighted by Crippen LogP contribution is -2.31. The van der Waals surface area contributed by atoms with E-state index in [4.69, 9.17) is 4.74 Å². The smallest absolute Gasteiger partial charge is 0.332 e. The molecule has 1 aromatic heterocycles. The summed E-state index contributed by atoms with van der Waals surface area (Å²) in [4.78, 5) is 11.5. The molecule has 0 spiro atoms. The average Bonchev–Trinajstić information content (AvgIpc) is 3.06. The fourth-order valence-corrected chi connectivity index (χ4v) is 4.56. The van der Waals surface area contributed by atoms with Crippen molar-refractivity contribution < 1.29 is 19.0 Å². The number of rotatable bonds is 4. The third-order valence-corrected chi connectivity index (χ3v) is 5.87. The van der Waals surface area contributed by atoms with Crippen LogP contribution in [0.5, 0.6) is 0 Å². The third-order valence-electron chi connectivity index (χ3n) is 5.87. The molecule has 3 aromatic rings. The lowest BCUT2D eigenvalue weighted by atomic mass is 9.84. The van der Waals surface area contributed by atoms with Crippen molar-refractivity contribution in [1.29, 1.82) is 0 Å². The van der Waals surface area contributed by atoms with Crippen LogP contribution in [-0.4, -0.2) is 28.4 Å². The molecule has 152 valence electrons. The van der Waals surface area contributed by atoms with Crippen LogP contribution in [0.4, 0.5) is 4.39 Å². The van der Waals surface area contributed by atoms with Gasteiger partial charge in [-0.25, -0.2) is 9.18 Å². The monoisotopic (exact) mass is 395 g/mol. The molecule has 1 saturated heterocycles. The van der Waals surface area contributed by atoms with Gasteiger partial charge in [0.25, 0.3) is 0 Å². The highest BCUT2D eigenvalue weighted by Crippen LogP contribution is 2.42. The second kappa shape index (κ2) is 7.64. The van der Waals surface area contributed by atoms with Gasteiger partial charge in [-0.15, -0.1) is 0 Å². The van der Waals surface area contributed by atoms with Crippen molar-refractivity contribution in [2.24, 2.45) is 0 Å². The van der Waals surface area contributed by atoms with Gasteiger partial charge in [0.1, 0.15) is 5.82 Å². The molecule has 0 radical (unpaired) electrons. The van der Waals surface area contributed by atoms with Gasteiger partial charge in [0.05, 0.1) is 5.52 Å². The number of aromatic nitrogens is 1. The van der Waals surface area contributed by atoms with E-state index in [1.807, 2.05) is 24.3 Å². The molecule has 2 aromatic carbocycles. The molecular weight excluding hydrogens is 369 g/mol. The van der Waals surface area contributed by atoms with Gasteiger partial charge < -0.3 is 14.4 Å². The van der Waals surface area contributed by atoms with E-state index in [0.29, 0.717) is 18.6 Å². The summed E-state index contributed by atoms with van der Waals surface area (Å²) in [6.07, 6.45) is 0.481. The predicted octanol–water partition coefficient (Wildman–Crippen LogP) is 5.55. The van der Waals surface area contributed by atoms with Gasteiger partial charge in [0.2, 0.25) is 0 Å². The largest absolute Gasteiger partial charge is 0.479 e. The summed E-state index contributed by atoms with van der Waals surface area (Å²) in [7, 11) is 0. The van der Waals surface area contributed by atoms with Crippen LogP contribution in [-0.2, 0) is 9.53 Å². The van der Waals surface area contributed by atoms with Crippen LogP contribution in [0.15, 0.2) is 42.5 Å². The van der Waals surface area contributed by atoms with Crippen LogP contribution in [0.2, 0.25) is 0 Å². The van der Waals surface area contributed by atoms with E-state index in [-0.39, 0.29) is 17.7 Å². The Kier molecular flexibility index (Phi) is 5.17. The van der Waals surface area contributed by atoms with E-state index in [1.165, 1.54) is 11.6 Å². The van der Waals surface area contributed by atoms with Gasteiger partial charge in [-0.3, -0.25) is 0 Å². The molecule has 0 bridgehead atoms. The number of carboxylic acids is 1. The van der Waals surface area contributed by atoms with Crippen molar-refractivity contribution in [2.45, 2.75) is 51.6 Å². The number of hydrogen-bond acceptors (Lipinski definition) is 2. The predicted molar refractivity (Wildman–Crippen MR) is 111 cm³/mol. The van der Waals surface area contributed by atoms with Crippen molar-refractivity contribution in [3.63, 3.8) is 0 Å². The number of hydrogen-bond donors (Lipinski definition) is 1. The van der Waals surface area contributed by atoms with Crippen LogP contribution in [0, 0.1) is 12.7 Å². The van der Waals surface area contributed by atoms with Gasteiger partial charge in [0.15, 0.2) is 6.10 Å². The summed E-state index contributed by atoms with van der Waals surface area (Å²) >= 11 is 0. The van der Waals surface area contributed by atoms with E-state index < -0.39 is 12.1 Å². The third kappa shape index (κ3) is 3.44. The zero-order valence-electron chi connectivity index (χ0n) is 17.0. The van der Waals surface area contributed by atoms with Crippen LogP contribution in [0.3, 0.4) is 0 Å². The maximum atomic E-state index is 13.9. The molecule has 4 rings (SSSR count). The Balaban J connectivity index is 1.96. The number of carbonyl (C=O) groups is 1. The average molecular weight is 395 g/mol. The topological polar surface area (TPSA) is 51.5 Å². The first-order valence-corrected chi connectivity index (χ1v) is 10.1. The molecule has 0 saturated carbocycles. The van der Waals surface area contributed by atoms with Crippen LogP contribution in [0.1, 0.15) is 55.3 Å².